The molecule has 6 heteroatoms. The molecule has 6 nitrogen and oxygen atoms in total. The third kappa shape index (κ3) is 5.18. The molecule has 23 heavy (non-hydrogen) atoms. The van der Waals surface area contributed by atoms with Gasteiger partial charge >= 0.3 is 5.97 Å². The van der Waals surface area contributed by atoms with Crippen molar-refractivity contribution in [2.45, 2.75) is 44.6 Å². The molecule has 0 aromatic heterocycles. The quantitative estimate of drug-likeness (QED) is 0.763. The van der Waals surface area contributed by atoms with Crippen molar-refractivity contribution in [3.8, 4) is 0 Å². The van der Waals surface area contributed by atoms with Crippen molar-refractivity contribution >= 4 is 11.9 Å². The average Bonchev–Trinajstić information content (AvgIpc) is 2.56. The molecule has 1 amide bonds. The van der Waals surface area contributed by atoms with Gasteiger partial charge in [0.15, 0.2) is 0 Å². The average molecular weight is 325 g/mol. The topological polar surface area (TPSA) is 72.9 Å². The Hall–Kier alpha value is -1.14. The third-order valence-electron chi connectivity index (χ3n) is 5.57. The first-order chi connectivity index (χ1) is 11.0. The molecular weight excluding hydrogens is 294 g/mol. The molecule has 0 saturated carbocycles. The molecular formula is C17H31N3O3. The summed E-state index contributed by atoms with van der Waals surface area (Å²) < 4.78 is 0. The number of nitrogens with one attached hydrogen (secondary N) is 1. The van der Waals surface area contributed by atoms with Gasteiger partial charge in [-0.05, 0) is 71.1 Å². The van der Waals surface area contributed by atoms with E-state index < -0.39 is 5.97 Å². The fourth-order valence-electron chi connectivity index (χ4n) is 3.97. The molecule has 2 fully saturated rings. The minimum absolute atomic E-state index is 0.0311. The number of amides is 1. The Bertz CT molecular complexity index is 400. The predicted molar refractivity (Wildman–Crippen MR) is 89.2 cm³/mol. The lowest BCUT2D eigenvalue weighted by Crippen LogP contribution is -2.49. The summed E-state index contributed by atoms with van der Waals surface area (Å²) in [6.45, 7) is 4.03. The summed E-state index contributed by atoms with van der Waals surface area (Å²) in [5, 5.41) is 11.8. The van der Waals surface area contributed by atoms with Crippen LogP contribution < -0.4 is 5.32 Å². The minimum atomic E-state index is -0.848. The standard InChI is InChI=1S/C17H31N3O3/c1-18-15(3-4-16(21)22)17(23)20-11-7-14(8-12-20)13-5-9-19(2)10-6-13/h13-15,18H,3-12H2,1-2H3,(H,21,22)/t15-/m1/s1. The van der Waals surface area contributed by atoms with E-state index in [0.717, 1.165) is 37.8 Å². The first-order valence-corrected chi connectivity index (χ1v) is 8.87. The number of piperidine rings is 2. The number of carbonyl (C=O) groups is 2. The van der Waals surface area contributed by atoms with E-state index in [-0.39, 0.29) is 18.4 Å². The predicted octanol–water partition coefficient (Wildman–Crippen LogP) is 1.02. The normalized spacial score (nSPS) is 23.0. The maximum absolute atomic E-state index is 12.5. The van der Waals surface area contributed by atoms with E-state index in [1.807, 2.05) is 4.90 Å². The van der Waals surface area contributed by atoms with Crippen LogP contribution in [0, 0.1) is 11.8 Å². The van der Waals surface area contributed by atoms with Crippen LogP contribution in [0.2, 0.25) is 0 Å². The zero-order valence-electron chi connectivity index (χ0n) is 14.5. The number of likely N-dealkylation sites (N-methyl/N-ethyl adjacent to an activating group) is 1. The number of carbonyl (C=O) groups excluding carboxylic acids is 1. The number of hydrogen-bond donors (Lipinski definition) is 2. The molecule has 0 bridgehead atoms. The van der Waals surface area contributed by atoms with Gasteiger partial charge in [-0.2, -0.15) is 0 Å². The Morgan fingerprint density at radius 3 is 2.09 bits per heavy atom. The lowest BCUT2D eigenvalue weighted by Gasteiger charge is -2.40. The van der Waals surface area contributed by atoms with E-state index in [1.165, 1.54) is 25.9 Å². The SMILES string of the molecule is CN[C@H](CCC(=O)O)C(=O)N1CCC(C2CCN(C)CC2)CC1. The van der Waals surface area contributed by atoms with Gasteiger partial charge in [-0.1, -0.05) is 0 Å². The Morgan fingerprint density at radius 2 is 1.61 bits per heavy atom. The van der Waals surface area contributed by atoms with Gasteiger partial charge in [0, 0.05) is 19.5 Å². The summed E-state index contributed by atoms with van der Waals surface area (Å²) in [5.74, 6) is 0.782. The number of likely N-dealkylation sites (tertiary alicyclic amines) is 2. The number of carboxylic acids is 1. The van der Waals surface area contributed by atoms with Crippen molar-refractivity contribution < 1.29 is 14.7 Å². The van der Waals surface area contributed by atoms with Crippen molar-refractivity contribution in [3.63, 3.8) is 0 Å². The molecule has 0 radical (unpaired) electrons. The Labute approximate surface area is 139 Å². The van der Waals surface area contributed by atoms with Crippen LogP contribution in [0.3, 0.4) is 0 Å². The molecule has 2 N–H and O–H groups in total. The molecule has 0 aliphatic carbocycles. The molecule has 132 valence electrons. The maximum atomic E-state index is 12.5. The van der Waals surface area contributed by atoms with E-state index in [1.54, 1.807) is 7.05 Å². The fourth-order valence-corrected chi connectivity index (χ4v) is 3.97. The van der Waals surface area contributed by atoms with Crippen molar-refractivity contribution in [2.75, 3.05) is 40.3 Å². The van der Waals surface area contributed by atoms with Crippen molar-refractivity contribution in [1.82, 2.24) is 15.1 Å². The van der Waals surface area contributed by atoms with Crippen molar-refractivity contribution in [1.29, 1.82) is 0 Å². The van der Waals surface area contributed by atoms with E-state index in [0.29, 0.717) is 6.42 Å². The van der Waals surface area contributed by atoms with E-state index in [2.05, 4.69) is 17.3 Å². The summed E-state index contributed by atoms with van der Waals surface area (Å²) in [4.78, 5) is 27.6. The Balaban J connectivity index is 1.78. The molecule has 0 spiro atoms. The van der Waals surface area contributed by atoms with E-state index in [4.69, 9.17) is 5.11 Å². The number of aliphatic carboxylic acids is 1. The zero-order chi connectivity index (χ0) is 16.8. The van der Waals surface area contributed by atoms with Crippen LogP contribution in [0.4, 0.5) is 0 Å². The van der Waals surface area contributed by atoms with Gasteiger partial charge in [-0.15, -0.1) is 0 Å². The van der Waals surface area contributed by atoms with Crippen LogP contribution in [-0.2, 0) is 9.59 Å². The highest BCUT2D eigenvalue weighted by atomic mass is 16.4. The van der Waals surface area contributed by atoms with Gasteiger partial charge in [0.25, 0.3) is 0 Å². The largest absolute Gasteiger partial charge is 0.481 e. The summed E-state index contributed by atoms with van der Waals surface area (Å²) in [6, 6.07) is -0.369. The van der Waals surface area contributed by atoms with Crippen molar-refractivity contribution in [2.24, 2.45) is 11.8 Å². The van der Waals surface area contributed by atoms with Gasteiger partial charge in [0.05, 0.1) is 6.04 Å². The van der Waals surface area contributed by atoms with Crippen LogP contribution in [0.15, 0.2) is 0 Å². The maximum Gasteiger partial charge on any atom is 0.303 e. The summed E-state index contributed by atoms with van der Waals surface area (Å²) >= 11 is 0. The molecule has 0 aromatic carbocycles. The van der Waals surface area contributed by atoms with Gasteiger partial charge in [0.2, 0.25) is 5.91 Å². The fraction of sp³-hybridized carbons (Fsp3) is 0.882. The smallest absolute Gasteiger partial charge is 0.303 e. The summed E-state index contributed by atoms with van der Waals surface area (Å²) in [6.07, 6.45) is 5.15. The molecule has 0 aromatic rings. The molecule has 2 aliphatic rings. The zero-order valence-corrected chi connectivity index (χ0v) is 14.5. The second-order valence-electron chi connectivity index (χ2n) is 7.08. The van der Waals surface area contributed by atoms with Gasteiger partial charge in [-0.3, -0.25) is 9.59 Å². The molecule has 1 atom stereocenters. The second kappa shape index (κ2) is 8.64. The molecule has 2 saturated heterocycles. The first kappa shape index (κ1) is 18.2. The number of carboxylic acid groups (broad SMARTS) is 1. The molecule has 2 rings (SSSR count). The monoisotopic (exact) mass is 325 g/mol. The van der Waals surface area contributed by atoms with Crippen LogP contribution in [0.25, 0.3) is 0 Å². The van der Waals surface area contributed by atoms with Crippen molar-refractivity contribution in [3.05, 3.63) is 0 Å². The third-order valence-corrected chi connectivity index (χ3v) is 5.57. The minimum Gasteiger partial charge on any atom is -0.481 e. The van der Waals surface area contributed by atoms with Gasteiger partial charge in [-0.25, -0.2) is 0 Å². The lowest BCUT2D eigenvalue weighted by molar-refractivity contribution is -0.138. The highest BCUT2D eigenvalue weighted by molar-refractivity contribution is 5.82. The lowest BCUT2D eigenvalue weighted by atomic mass is 9.79. The number of hydrogen-bond acceptors (Lipinski definition) is 4. The number of nitrogens with zero attached hydrogens (tertiary/aromatic N) is 2. The molecule has 2 heterocycles. The van der Waals surface area contributed by atoms with E-state index >= 15 is 0 Å². The Kier molecular flexibility index (Phi) is 6.84. The number of rotatable bonds is 6. The highest BCUT2D eigenvalue weighted by Gasteiger charge is 2.32. The van der Waals surface area contributed by atoms with Gasteiger partial charge in [0.1, 0.15) is 0 Å². The second-order valence-corrected chi connectivity index (χ2v) is 7.08. The van der Waals surface area contributed by atoms with Crippen LogP contribution in [0.1, 0.15) is 38.5 Å². The first-order valence-electron chi connectivity index (χ1n) is 8.87. The van der Waals surface area contributed by atoms with E-state index in [9.17, 15) is 9.59 Å². The molecule has 2 aliphatic heterocycles. The summed E-state index contributed by atoms with van der Waals surface area (Å²) in [7, 11) is 3.92. The Morgan fingerprint density at radius 1 is 1.09 bits per heavy atom. The van der Waals surface area contributed by atoms with Gasteiger partial charge < -0.3 is 20.2 Å². The van der Waals surface area contributed by atoms with Crippen LogP contribution in [0.5, 0.6) is 0 Å². The van der Waals surface area contributed by atoms with Crippen LogP contribution in [-0.4, -0.2) is 73.1 Å². The van der Waals surface area contributed by atoms with Crippen LogP contribution >= 0.6 is 0 Å². The highest BCUT2D eigenvalue weighted by Crippen LogP contribution is 2.32. The molecule has 0 unspecified atom stereocenters. The summed E-state index contributed by atoms with van der Waals surface area (Å²) in [5.41, 5.74) is 0.